The van der Waals surface area contributed by atoms with Gasteiger partial charge in [-0.2, -0.15) is 0 Å². The van der Waals surface area contributed by atoms with E-state index >= 15 is 0 Å². The molecule has 2 saturated carbocycles. The summed E-state index contributed by atoms with van der Waals surface area (Å²) >= 11 is 7.57. The third-order valence-electron chi connectivity index (χ3n) is 5.13. The number of thiazole rings is 1. The number of carbonyl (C=O) groups is 1. The molecule has 0 aliphatic heterocycles. The summed E-state index contributed by atoms with van der Waals surface area (Å²) in [6.45, 7) is 0. The second kappa shape index (κ2) is 6.25. The molecule has 1 aromatic carbocycles. The highest BCUT2D eigenvalue weighted by Gasteiger charge is 2.43. The van der Waals surface area contributed by atoms with E-state index in [0.29, 0.717) is 5.92 Å². The van der Waals surface area contributed by atoms with Crippen molar-refractivity contribution in [1.82, 2.24) is 4.98 Å². The van der Waals surface area contributed by atoms with Crippen LogP contribution in [0.3, 0.4) is 0 Å². The van der Waals surface area contributed by atoms with Crippen LogP contribution in [-0.2, 0) is 11.2 Å². The van der Waals surface area contributed by atoms with Crippen molar-refractivity contribution in [1.29, 1.82) is 0 Å². The van der Waals surface area contributed by atoms with Gasteiger partial charge in [0.15, 0.2) is 5.13 Å². The number of anilines is 1. The Morgan fingerprint density at radius 3 is 3.00 bits per heavy atom. The standard InChI is InChI=1S/C18H19ClN2OS/c19-14-3-1-2-11(7-14)8-15-10-20-18(23-15)21-17(22)16-9-12-4-5-13(16)6-12/h1-3,7,10,12-13,16H,4-6,8-9H2,(H,20,21,22). The van der Waals surface area contributed by atoms with Gasteiger partial charge in [0.25, 0.3) is 0 Å². The first kappa shape index (κ1) is 15.2. The van der Waals surface area contributed by atoms with Crippen molar-refractivity contribution in [3.8, 4) is 0 Å². The Morgan fingerprint density at radius 1 is 1.35 bits per heavy atom. The van der Waals surface area contributed by atoms with Gasteiger partial charge in [-0.15, -0.1) is 11.3 Å². The molecule has 2 fully saturated rings. The van der Waals surface area contributed by atoms with E-state index in [2.05, 4.69) is 16.4 Å². The number of aromatic nitrogens is 1. The van der Waals surface area contributed by atoms with Crippen molar-refractivity contribution in [3.63, 3.8) is 0 Å². The molecular weight excluding hydrogens is 328 g/mol. The lowest BCUT2D eigenvalue weighted by Crippen LogP contribution is -2.27. The molecule has 1 N–H and O–H groups in total. The number of hydrogen-bond acceptors (Lipinski definition) is 3. The molecule has 2 aliphatic rings. The van der Waals surface area contributed by atoms with Gasteiger partial charge >= 0.3 is 0 Å². The van der Waals surface area contributed by atoms with Crippen LogP contribution in [0.1, 0.15) is 36.1 Å². The van der Waals surface area contributed by atoms with Crippen molar-refractivity contribution in [3.05, 3.63) is 45.9 Å². The predicted molar refractivity (Wildman–Crippen MR) is 93.9 cm³/mol. The van der Waals surface area contributed by atoms with Crippen LogP contribution in [0, 0.1) is 17.8 Å². The van der Waals surface area contributed by atoms with E-state index in [1.807, 2.05) is 24.4 Å². The van der Waals surface area contributed by atoms with Crippen LogP contribution in [0.5, 0.6) is 0 Å². The van der Waals surface area contributed by atoms with Crippen LogP contribution in [0.2, 0.25) is 5.02 Å². The Balaban J connectivity index is 1.39. The molecule has 120 valence electrons. The monoisotopic (exact) mass is 346 g/mol. The second-order valence-corrected chi connectivity index (χ2v) is 8.26. The highest BCUT2D eigenvalue weighted by molar-refractivity contribution is 7.15. The molecule has 23 heavy (non-hydrogen) atoms. The normalized spacial score (nSPS) is 25.7. The Hall–Kier alpha value is -1.39. The molecule has 2 aliphatic carbocycles. The molecule has 3 atom stereocenters. The molecule has 1 amide bonds. The summed E-state index contributed by atoms with van der Waals surface area (Å²) in [5.41, 5.74) is 1.16. The Bertz CT molecular complexity index is 729. The zero-order chi connectivity index (χ0) is 15.8. The maximum Gasteiger partial charge on any atom is 0.229 e. The van der Waals surface area contributed by atoms with E-state index in [-0.39, 0.29) is 11.8 Å². The number of nitrogens with one attached hydrogen (secondary N) is 1. The summed E-state index contributed by atoms with van der Waals surface area (Å²) in [6, 6.07) is 7.85. The van der Waals surface area contributed by atoms with E-state index in [4.69, 9.17) is 11.6 Å². The maximum atomic E-state index is 12.5. The maximum absolute atomic E-state index is 12.5. The van der Waals surface area contributed by atoms with Gasteiger partial charge in [0.1, 0.15) is 0 Å². The number of nitrogens with zero attached hydrogens (tertiary/aromatic N) is 1. The van der Waals surface area contributed by atoms with Crippen LogP contribution in [0.25, 0.3) is 0 Å². The van der Waals surface area contributed by atoms with Gasteiger partial charge in [-0.3, -0.25) is 4.79 Å². The molecule has 0 saturated heterocycles. The summed E-state index contributed by atoms with van der Waals surface area (Å²) in [4.78, 5) is 18.0. The van der Waals surface area contributed by atoms with Crippen molar-refractivity contribution in [2.24, 2.45) is 17.8 Å². The Labute approximate surface area is 145 Å². The number of carbonyl (C=O) groups excluding carboxylic acids is 1. The number of benzene rings is 1. The van der Waals surface area contributed by atoms with Gasteiger partial charge < -0.3 is 5.32 Å². The summed E-state index contributed by atoms with van der Waals surface area (Å²) in [7, 11) is 0. The van der Waals surface area contributed by atoms with Gasteiger partial charge in [0, 0.05) is 28.4 Å². The van der Waals surface area contributed by atoms with Gasteiger partial charge in [0.2, 0.25) is 5.91 Å². The largest absolute Gasteiger partial charge is 0.302 e. The fourth-order valence-electron chi connectivity index (χ4n) is 4.06. The first-order valence-electron chi connectivity index (χ1n) is 8.17. The first-order valence-corrected chi connectivity index (χ1v) is 9.37. The molecule has 3 nitrogen and oxygen atoms in total. The van der Waals surface area contributed by atoms with Gasteiger partial charge in [0.05, 0.1) is 0 Å². The zero-order valence-corrected chi connectivity index (χ0v) is 14.4. The number of halogens is 1. The molecular formula is C18H19ClN2OS. The minimum Gasteiger partial charge on any atom is -0.302 e. The summed E-state index contributed by atoms with van der Waals surface area (Å²) in [5, 5.41) is 4.49. The minimum absolute atomic E-state index is 0.167. The van der Waals surface area contributed by atoms with Crippen LogP contribution in [-0.4, -0.2) is 10.9 Å². The average molecular weight is 347 g/mol. The molecule has 0 radical (unpaired) electrons. The van der Waals surface area contributed by atoms with Crippen LogP contribution < -0.4 is 5.32 Å². The summed E-state index contributed by atoms with van der Waals surface area (Å²) in [6.07, 6.45) is 7.49. The lowest BCUT2D eigenvalue weighted by molar-refractivity contribution is -0.121. The lowest BCUT2D eigenvalue weighted by Gasteiger charge is -2.19. The quantitative estimate of drug-likeness (QED) is 0.867. The molecule has 0 spiro atoms. The fraction of sp³-hybridized carbons (Fsp3) is 0.444. The van der Waals surface area contributed by atoms with E-state index < -0.39 is 0 Å². The van der Waals surface area contributed by atoms with Gasteiger partial charge in [-0.25, -0.2) is 4.98 Å². The summed E-state index contributed by atoms with van der Waals surface area (Å²) < 4.78 is 0. The van der Waals surface area contributed by atoms with Crippen molar-refractivity contribution in [2.75, 3.05) is 5.32 Å². The van der Waals surface area contributed by atoms with Crippen LogP contribution in [0.4, 0.5) is 5.13 Å². The van der Waals surface area contributed by atoms with E-state index in [1.165, 1.54) is 19.3 Å². The van der Waals surface area contributed by atoms with Crippen LogP contribution >= 0.6 is 22.9 Å². The van der Waals surface area contributed by atoms with Crippen LogP contribution in [0.15, 0.2) is 30.5 Å². The lowest BCUT2D eigenvalue weighted by atomic mass is 9.88. The highest BCUT2D eigenvalue weighted by atomic mass is 35.5. The third-order valence-corrected chi connectivity index (χ3v) is 6.27. The Morgan fingerprint density at radius 2 is 2.26 bits per heavy atom. The molecule has 1 aromatic heterocycles. The SMILES string of the molecule is O=C(Nc1ncc(Cc2cccc(Cl)c2)s1)C1CC2CCC1C2. The third kappa shape index (κ3) is 3.29. The molecule has 2 aromatic rings. The highest BCUT2D eigenvalue weighted by Crippen LogP contribution is 2.48. The molecule has 1 heterocycles. The van der Waals surface area contributed by atoms with E-state index in [0.717, 1.165) is 39.4 Å². The first-order chi connectivity index (χ1) is 11.2. The average Bonchev–Trinajstić information content (AvgIpc) is 3.24. The number of rotatable bonds is 4. The molecule has 5 heteroatoms. The summed E-state index contributed by atoms with van der Waals surface area (Å²) in [5.74, 6) is 1.76. The number of fused-ring (bicyclic) bond motifs is 2. The van der Waals surface area contributed by atoms with Crippen molar-refractivity contribution >= 4 is 34.0 Å². The minimum atomic E-state index is 0.167. The number of hydrogen-bond donors (Lipinski definition) is 1. The van der Waals surface area contributed by atoms with Crippen molar-refractivity contribution < 1.29 is 4.79 Å². The van der Waals surface area contributed by atoms with E-state index in [1.54, 1.807) is 11.3 Å². The van der Waals surface area contributed by atoms with Crippen molar-refractivity contribution in [2.45, 2.75) is 32.1 Å². The molecule has 3 unspecified atom stereocenters. The van der Waals surface area contributed by atoms with Gasteiger partial charge in [-0.05, 0) is 48.8 Å². The fourth-order valence-corrected chi connectivity index (χ4v) is 5.12. The van der Waals surface area contributed by atoms with E-state index in [9.17, 15) is 4.79 Å². The second-order valence-electron chi connectivity index (χ2n) is 6.71. The Kier molecular flexibility index (Phi) is 4.12. The smallest absolute Gasteiger partial charge is 0.229 e. The number of amides is 1. The topological polar surface area (TPSA) is 42.0 Å². The zero-order valence-electron chi connectivity index (χ0n) is 12.8. The molecule has 4 rings (SSSR count). The molecule has 2 bridgehead atoms. The predicted octanol–water partition coefficient (Wildman–Crippen LogP) is 4.76. The van der Waals surface area contributed by atoms with Gasteiger partial charge in [-0.1, -0.05) is 30.2 Å².